The van der Waals surface area contributed by atoms with Crippen LogP contribution in [-0.4, -0.2) is 39.1 Å². The van der Waals surface area contributed by atoms with Crippen molar-refractivity contribution in [2.24, 2.45) is 11.8 Å². The predicted molar refractivity (Wildman–Crippen MR) is 102 cm³/mol. The normalized spacial score (nSPS) is 24.8. The largest absolute Gasteiger partial charge is 0.508 e. The summed E-state index contributed by atoms with van der Waals surface area (Å²) in [6.45, 7) is 9.02. The van der Waals surface area contributed by atoms with Gasteiger partial charge < -0.3 is 15.3 Å². The van der Waals surface area contributed by atoms with Gasteiger partial charge in [0.2, 0.25) is 0 Å². The van der Waals surface area contributed by atoms with Crippen LogP contribution in [0.5, 0.6) is 0 Å². The molecule has 5 heteroatoms. The molecule has 5 nitrogen and oxygen atoms in total. The first kappa shape index (κ1) is 22.3. The van der Waals surface area contributed by atoms with Gasteiger partial charge in [0.15, 0.2) is 11.6 Å². The predicted octanol–water partition coefficient (Wildman–Crippen LogP) is 3.42. The van der Waals surface area contributed by atoms with Crippen LogP contribution in [0.3, 0.4) is 0 Å². The van der Waals surface area contributed by atoms with Gasteiger partial charge in [-0.3, -0.25) is 9.59 Å². The van der Waals surface area contributed by atoms with E-state index in [1.54, 1.807) is 19.9 Å². The van der Waals surface area contributed by atoms with E-state index >= 15 is 0 Å². The Morgan fingerprint density at radius 2 is 1.88 bits per heavy atom. The molecule has 0 spiro atoms. The molecule has 3 atom stereocenters. The zero-order valence-corrected chi connectivity index (χ0v) is 16.5. The highest BCUT2D eigenvalue weighted by Gasteiger charge is 2.54. The minimum absolute atomic E-state index is 0.0852. The molecule has 0 amide bonds. The van der Waals surface area contributed by atoms with Crippen LogP contribution in [-0.2, 0) is 9.59 Å². The number of hydrogen-bond acceptors (Lipinski definition) is 5. The van der Waals surface area contributed by atoms with Gasteiger partial charge in [0.05, 0.1) is 12.5 Å². The number of rotatable bonds is 9. The summed E-state index contributed by atoms with van der Waals surface area (Å²) < 4.78 is 0. The first-order chi connectivity index (χ1) is 12.1. The summed E-state index contributed by atoms with van der Waals surface area (Å²) in [6.07, 6.45) is 4.92. The summed E-state index contributed by atoms with van der Waals surface area (Å²) in [5, 5.41) is 30.9. The molecule has 1 rings (SSSR count). The van der Waals surface area contributed by atoms with E-state index in [0.717, 1.165) is 11.1 Å². The smallest absolute Gasteiger partial charge is 0.176 e. The van der Waals surface area contributed by atoms with Crippen molar-refractivity contribution in [2.75, 3.05) is 6.61 Å². The van der Waals surface area contributed by atoms with Crippen molar-refractivity contribution < 1.29 is 24.9 Å². The summed E-state index contributed by atoms with van der Waals surface area (Å²) in [6, 6.07) is 0. The molecule has 0 heterocycles. The van der Waals surface area contributed by atoms with Gasteiger partial charge in [0.1, 0.15) is 16.9 Å². The van der Waals surface area contributed by atoms with Crippen molar-refractivity contribution in [1.82, 2.24) is 0 Å². The van der Waals surface area contributed by atoms with Crippen LogP contribution in [0.1, 0.15) is 60.3 Å². The van der Waals surface area contributed by atoms with Crippen LogP contribution in [0.4, 0.5) is 0 Å². The molecule has 0 aromatic heterocycles. The number of ketones is 2. The van der Waals surface area contributed by atoms with E-state index < -0.39 is 28.8 Å². The van der Waals surface area contributed by atoms with Crippen molar-refractivity contribution in [3.63, 3.8) is 0 Å². The highest BCUT2D eigenvalue weighted by molar-refractivity contribution is 6.24. The van der Waals surface area contributed by atoms with Gasteiger partial charge in [-0.05, 0) is 46.5 Å². The van der Waals surface area contributed by atoms with Crippen molar-refractivity contribution >= 4 is 11.6 Å². The molecule has 0 radical (unpaired) electrons. The van der Waals surface area contributed by atoms with Gasteiger partial charge in [-0.25, -0.2) is 0 Å². The van der Waals surface area contributed by atoms with Crippen molar-refractivity contribution in [1.29, 1.82) is 0 Å². The van der Waals surface area contributed by atoms with Crippen LogP contribution in [0.25, 0.3) is 0 Å². The van der Waals surface area contributed by atoms with Crippen LogP contribution < -0.4 is 0 Å². The second-order valence-corrected chi connectivity index (χ2v) is 7.50. The molecule has 26 heavy (non-hydrogen) atoms. The van der Waals surface area contributed by atoms with Crippen LogP contribution in [0.15, 0.2) is 34.6 Å². The van der Waals surface area contributed by atoms with Crippen molar-refractivity contribution in [3.05, 3.63) is 34.6 Å². The van der Waals surface area contributed by atoms with Crippen molar-refractivity contribution in [3.8, 4) is 0 Å². The van der Waals surface area contributed by atoms with E-state index in [1.807, 2.05) is 26.8 Å². The average Bonchev–Trinajstić information content (AvgIpc) is 2.77. The Hall–Kier alpha value is -1.72. The Balaban J connectivity index is 3.27. The van der Waals surface area contributed by atoms with E-state index in [4.69, 9.17) is 5.11 Å². The van der Waals surface area contributed by atoms with Gasteiger partial charge in [-0.1, -0.05) is 37.1 Å². The fourth-order valence-electron chi connectivity index (χ4n) is 3.11. The second kappa shape index (κ2) is 9.28. The molecule has 1 unspecified atom stereocenters. The minimum atomic E-state index is -1.76. The fourth-order valence-corrected chi connectivity index (χ4v) is 3.11. The Kier molecular flexibility index (Phi) is 7.97. The monoisotopic (exact) mass is 364 g/mol. The number of Topliss-reactive ketones (excluding diaryl/α,β-unsaturated/α-hetero) is 2. The molecule has 0 saturated carbocycles. The minimum Gasteiger partial charge on any atom is -0.508 e. The zero-order valence-electron chi connectivity index (χ0n) is 16.5. The summed E-state index contributed by atoms with van der Waals surface area (Å²) in [4.78, 5) is 25.5. The molecule has 0 aromatic rings. The first-order valence-corrected chi connectivity index (χ1v) is 9.24. The van der Waals surface area contributed by atoms with Gasteiger partial charge in [-0.2, -0.15) is 0 Å². The molecule has 0 bridgehead atoms. The summed E-state index contributed by atoms with van der Waals surface area (Å²) in [5.74, 6) is -2.64. The number of allylic oxidation sites excluding steroid dienone is 4. The summed E-state index contributed by atoms with van der Waals surface area (Å²) >= 11 is 0. The quantitative estimate of drug-likeness (QED) is 0.430. The SMILES string of the molecule is CCC(C)C(=O)C1=C(O)[C@](O)(CCC=C(C)CO)[C@H](CC=C(C)C)C1=O. The third-order valence-electron chi connectivity index (χ3n) is 5.12. The Labute approximate surface area is 156 Å². The third-order valence-corrected chi connectivity index (χ3v) is 5.12. The highest BCUT2D eigenvalue weighted by Crippen LogP contribution is 2.43. The lowest BCUT2D eigenvalue weighted by atomic mass is 9.82. The summed E-state index contributed by atoms with van der Waals surface area (Å²) in [7, 11) is 0. The number of carbonyl (C=O) groups excluding carboxylic acids is 2. The molecule has 3 N–H and O–H groups in total. The van der Waals surface area contributed by atoms with E-state index in [2.05, 4.69) is 0 Å². The molecule has 1 aliphatic rings. The molecular formula is C21H32O5. The lowest BCUT2D eigenvalue weighted by Gasteiger charge is -2.28. The number of aliphatic hydroxyl groups is 3. The maximum atomic E-state index is 12.9. The van der Waals surface area contributed by atoms with E-state index in [9.17, 15) is 19.8 Å². The lowest BCUT2D eigenvalue weighted by Crippen LogP contribution is -2.38. The Morgan fingerprint density at radius 1 is 1.27 bits per heavy atom. The molecule has 1 aliphatic carbocycles. The summed E-state index contributed by atoms with van der Waals surface area (Å²) in [5.41, 5.74) is -0.249. The third kappa shape index (κ3) is 4.71. The zero-order chi connectivity index (χ0) is 20.1. The van der Waals surface area contributed by atoms with Crippen molar-refractivity contribution in [2.45, 2.75) is 65.9 Å². The molecule has 0 aliphatic heterocycles. The molecular weight excluding hydrogens is 332 g/mol. The Morgan fingerprint density at radius 3 is 2.38 bits per heavy atom. The number of aliphatic hydroxyl groups excluding tert-OH is 2. The topological polar surface area (TPSA) is 94.8 Å². The molecule has 0 saturated heterocycles. The van der Waals surface area contributed by atoms with E-state index in [1.165, 1.54) is 0 Å². The number of carbonyl (C=O) groups is 2. The highest BCUT2D eigenvalue weighted by atomic mass is 16.3. The van der Waals surface area contributed by atoms with E-state index in [-0.39, 0.29) is 30.9 Å². The first-order valence-electron chi connectivity index (χ1n) is 9.24. The maximum Gasteiger partial charge on any atom is 0.176 e. The fraction of sp³-hybridized carbons (Fsp3) is 0.619. The second-order valence-electron chi connectivity index (χ2n) is 7.50. The number of hydrogen-bond donors (Lipinski definition) is 3. The van der Waals surface area contributed by atoms with Gasteiger partial charge in [0.25, 0.3) is 0 Å². The van der Waals surface area contributed by atoms with Gasteiger partial charge in [0, 0.05) is 5.92 Å². The molecule has 0 aromatic carbocycles. The van der Waals surface area contributed by atoms with Crippen LogP contribution in [0.2, 0.25) is 0 Å². The lowest BCUT2D eigenvalue weighted by molar-refractivity contribution is -0.127. The van der Waals surface area contributed by atoms with Crippen LogP contribution in [0, 0.1) is 11.8 Å². The van der Waals surface area contributed by atoms with E-state index in [0.29, 0.717) is 12.8 Å². The maximum absolute atomic E-state index is 12.9. The van der Waals surface area contributed by atoms with Crippen LogP contribution >= 0.6 is 0 Å². The molecule has 0 fully saturated rings. The Bertz CT molecular complexity index is 637. The molecule has 146 valence electrons. The van der Waals surface area contributed by atoms with Gasteiger partial charge >= 0.3 is 0 Å². The van der Waals surface area contributed by atoms with Gasteiger partial charge in [-0.15, -0.1) is 0 Å². The average molecular weight is 364 g/mol. The standard InChI is InChI=1S/C21H32O5/c1-6-15(5)18(23)17-19(24)16(10-9-13(2)3)21(26,20(17)25)11-7-8-14(4)12-22/h8-9,15-16,22,25-26H,6-7,10-12H2,1-5H3/t15?,16-,21+/m1/s1.